The third-order valence-corrected chi connectivity index (χ3v) is 4.61. The number of rotatable bonds is 6. The molecule has 118 valence electrons. The number of ether oxygens (including phenoxy) is 4. The first-order chi connectivity index (χ1) is 9.99. The maximum Gasteiger partial charge on any atom is 0.203 e. The Bertz CT molecular complexity index is 476. The molecule has 5 nitrogen and oxygen atoms in total. The van der Waals surface area contributed by atoms with Crippen LogP contribution in [-0.2, 0) is 0 Å². The van der Waals surface area contributed by atoms with Gasteiger partial charge in [0.1, 0.15) is 11.9 Å². The molecular weight excluding hydrogens is 272 g/mol. The standard InChI is InChI=1S/C16H24O5/c1-6-16(2)13(17)9-14(16)21-10-7-11(18-3)15(20-5)12(8-10)19-4/h7-8,13-14,17H,6,9H2,1-5H3. The fourth-order valence-corrected chi connectivity index (χ4v) is 2.73. The maximum absolute atomic E-state index is 9.95. The van der Waals surface area contributed by atoms with Gasteiger partial charge in [0.15, 0.2) is 11.5 Å². The van der Waals surface area contributed by atoms with E-state index in [2.05, 4.69) is 6.92 Å². The van der Waals surface area contributed by atoms with Crippen LogP contribution in [-0.4, -0.2) is 38.6 Å². The third-order valence-electron chi connectivity index (χ3n) is 4.61. The van der Waals surface area contributed by atoms with Crippen LogP contribution in [0.5, 0.6) is 23.0 Å². The summed E-state index contributed by atoms with van der Waals surface area (Å²) >= 11 is 0. The van der Waals surface area contributed by atoms with Crippen LogP contribution in [0.1, 0.15) is 26.7 Å². The van der Waals surface area contributed by atoms with Crippen molar-refractivity contribution < 1.29 is 24.1 Å². The van der Waals surface area contributed by atoms with Crippen LogP contribution in [0.25, 0.3) is 0 Å². The van der Waals surface area contributed by atoms with Crippen molar-refractivity contribution in [2.24, 2.45) is 5.41 Å². The van der Waals surface area contributed by atoms with Crippen LogP contribution < -0.4 is 18.9 Å². The van der Waals surface area contributed by atoms with Crippen molar-refractivity contribution in [3.63, 3.8) is 0 Å². The minimum Gasteiger partial charge on any atom is -0.493 e. The third kappa shape index (κ3) is 2.62. The fraction of sp³-hybridized carbons (Fsp3) is 0.625. The molecule has 3 unspecified atom stereocenters. The lowest BCUT2D eigenvalue weighted by Gasteiger charge is -2.50. The summed E-state index contributed by atoms with van der Waals surface area (Å²) in [6.07, 6.45) is 1.18. The Morgan fingerprint density at radius 3 is 2.10 bits per heavy atom. The van der Waals surface area contributed by atoms with Gasteiger partial charge in [0.25, 0.3) is 0 Å². The van der Waals surface area contributed by atoms with Gasteiger partial charge in [-0.1, -0.05) is 13.8 Å². The molecule has 1 aliphatic rings. The van der Waals surface area contributed by atoms with Gasteiger partial charge < -0.3 is 24.1 Å². The molecular formula is C16H24O5. The van der Waals surface area contributed by atoms with Crippen LogP contribution in [0.2, 0.25) is 0 Å². The summed E-state index contributed by atoms with van der Waals surface area (Å²) in [4.78, 5) is 0. The summed E-state index contributed by atoms with van der Waals surface area (Å²) in [6, 6.07) is 3.56. The van der Waals surface area contributed by atoms with Crippen LogP contribution >= 0.6 is 0 Å². The predicted octanol–water partition coefficient (Wildman–Crippen LogP) is 2.64. The SMILES string of the molecule is CCC1(C)C(O)CC1Oc1cc(OC)c(OC)c(OC)c1. The maximum atomic E-state index is 9.95. The quantitative estimate of drug-likeness (QED) is 0.874. The highest BCUT2D eigenvalue weighted by molar-refractivity contribution is 5.56. The fourth-order valence-electron chi connectivity index (χ4n) is 2.73. The normalized spacial score (nSPS) is 27.7. The summed E-state index contributed by atoms with van der Waals surface area (Å²) in [5, 5.41) is 9.95. The molecule has 0 saturated heterocycles. The molecule has 0 amide bonds. The Hall–Kier alpha value is -1.62. The number of benzene rings is 1. The van der Waals surface area contributed by atoms with Gasteiger partial charge in [0.05, 0.1) is 27.4 Å². The van der Waals surface area contributed by atoms with Crippen molar-refractivity contribution >= 4 is 0 Å². The molecule has 0 aliphatic heterocycles. The number of aliphatic hydroxyl groups is 1. The van der Waals surface area contributed by atoms with Gasteiger partial charge in [-0.2, -0.15) is 0 Å². The monoisotopic (exact) mass is 296 g/mol. The van der Waals surface area contributed by atoms with E-state index in [9.17, 15) is 5.11 Å². The Morgan fingerprint density at radius 2 is 1.71 bits per heavy atom. The zero-order valence-electron chi connectivity index (χ0n) is 13.3. The Kier molecular flexibility index (Phi) is 4.52. The molecule has 1 N–H and O–H groups in total. The molecule has 0 aromatic heterocycles. The van der Waals surface area contributed by atoms with E-state index in [0.717, 1.165) is 6.42 Å². The average molecular weight is 296 g/mol. The smallest absolute Gasteiger partial charge is 0.203 e. The topological polar surface area (TPSA) is 57.2 Å². The van der Waals surface area contributed by atoms with Gasteiger partial charge >= 0.3 is 0 Å². The molecule has 21 heavy (non-hydrogen) atoms. The van der Waals surface area contributed by atoms with Crippen LogP contribution in [0, 0.1) is 5.41 Å². The molecule has 0 spiro atoms. The van der Waals surface area contributed by atoms with Crippen molar-refractivity contribution in [3.05, 3.63) is 12.1 Å². The lowest BCUT2D eigenvalue weighted by molar-refractivity contribution is -0.147. The van der Waals surface area contributed by atoms with Crippen molar-refractivity contribution in [2.45, 2.75) is 38.9 Å². The summed E-state index contributed by atoms with van der Waals surface area (Å²) in [7, 11) is 4.71. The molecule has 0 heterocycles. The highest BCUT2D eigenvalue weighted by Crippen LogP contribution is 2.48. The lowest BCUT2D eigenvalue weighted by atomic mass is 9.63. The van der Waals surface area contributed by atoms with E-state index in [4.69, 9.17) is 18.9 Å². The van der Waals surface area contributed by atoms with E-state index >= 15 is 0 Å². The van der Waals surface area contributed by atoms with Gasteiger partial charge in [-0.3, -0.25) is 0 Å². The highest BCUT2D eigenvalue weighted by atomic mass is 16.5. The van der Waals surface area contributed by atoms with Gasteiger partial charge in [-0.05, 0) is 6.42 Å². The van der Waals surface area contributed by atoms with Crippen molar-refractivity contribution in [1.82, 2.24) is 0 Å². The first kappa shape index (κ1) is 15.8. The first-order valence-corrected chi connectivity index (χ1v) is 7.14. The molecule has 0 radical (unpaired) electrons. The molecule has 1 aromatic carbocycles. The van der Waals surface area contributed by atoms with E-state index < -0.39 is 0 Å². The molecule has 1 saturated carbocycles. The largest absolute Gasteiger partial charge is 0.493 e. The van der Waals surface area contributed by atoms with Crippen molar-refractivity contribution in [1.29, 1.82) is 0 Å². The van der Waals surface area contributed by atoms with E-state index in [-0.39, 0.29) is 17.6 Å². The molecule has 2 rings (SSSR count). The number of hydrogen-bond acceptors (Lipinski definition) is 5. The zero-order chi connectivity index (χ0) is 15.6. The Morgan fingerprint density at radius 1 is 1.14 bits per heavy atom. The van der Waals surface area contributed by atoms with Gasteiger partial charge in [-0.25, -0.2) is 0 Å². The van der Waals surface area contributed by atoms with E-state index in [1.165, 1.54) is 0 Å². The van der Waals surface area contributed by atoms with Crippen LogP contribution in [0.15, 0.2) is 12.1 Å². The summed E-state index contributed by atoms with van der Waals surface area (Å²) in [5.41, 5.74) is -0.208. The molecule has 0 bridgehead atoms. The van der Waals surface area contributed by atoms with Crippen molar-refractivity contribution in [3.8, 4) is 23.0 Å². The highest BCUT2D eigenvalue weighted by Gasteiger charge is 2.51. The Labute approximate surface area is 125 Å². The molecule has 1 fully saturated rings. The van der Waals surface area contributed by atoms with E-state index in [0.29, 0.717) is 29.4 Å². The summed E-state index contributed by atoms with van der Waals surface area (Å²) < 4.78 is 22.0. The summed E-state index contributed by atoms with van der Waals surface area (Å²) in [6.45, 7) is 4.11. The second-order valence-electron chi connectivity index (χ2n) is 5.58. The molecule has 1 aromatic rings. The van der Waals surface area contributed by atoms with Gasteiger partial charge in [0, 0.05) is 24.0 Å². The molecule has 1 aliphatic carbocycles. The number of methoxy groups -OCH3 is 3. The molecule has 3 atom stereocenters. The summed E-state index contributed by atoms with van der Waals surface area (Å²) in [5.74, 6) is 2.31. The van der Waals surface area contributed by atoms with E-state index in [1.807, 2.05) is 6.92 Å². The van der Waals surface area contributed by atoms with Gasteiger partial charge in [0.2, 0.25) is 5.75 Å². The Balaban J connectivity index is 2.25. The first-order valence-electron chi connectivity index (χ1n) is 7.14. The van der Waals surface area contributed by atoms with Gasteiger partial charge in [-0.15, -0.1) is 0 Å². The second kappa shape index (κ2) is 6.02. The number of hydrogen-bond donors (Lipinski definition) is 1. The average Bonchev–Trinajstić information content (AvgIpc) is 2.52. The predicted molar refractivity (Wildman–Crippen MR) is 79.5 cm³/mol. The minimum atomic E-state index is -0.311. The molecule has 5 heteroatoms. The van der Waals surface area contributed by atoms with E-state index in [1.54, 1.807) is 33.5 Å². The van der Waals surface area contributed by atoms with Crippen LogP contribution in [0.4, 0.5) is 0 Å². The second-order valence-corrected chi connectivity index (χ2v) is 5.58. The minimum absolute atomic E-state index is 0.0136. The lowest BCUT2D eigenvalue weighted by Crippen LogP contribution is -2.57. The zero-order valence-corrected chi connectivity index (χ0v) is 13.3. The van der Waals surface area contributed by atoms with Crippen molar-refractivity contribution in [2.75, 3.05) is 21.3 Å². The van der Waals surface area contributed by atoms with Crippen LogP contribution in [0.3, 0.4) is 0 Å². The number of aliphatic hydroxyl groups excluding tert-OH is 1.